The van der Waals surface area contributed by atoms with E-state index < -0.39 is 6.04 Å². The van der Waals surface area contributed by atoms with Crippen molar-refractivity contribution >= 4 is 29.1 Å². The monoisotopic (exact) mass is 537 g/mol. The van der Waals surface area contributed by atoms with E-state index in [9.17, 15) is 9.59 Å². The van der Waals surface area contributed by atoms with Crippen LogP contribution in [0.5, 0.6) is 0 Å². The van der Waals surface area contributed by atoms with E-state index in [-0.39, 0.29) is 30.8 Å². The Balaban J connectivity index is 1.40. The van der Waals surface area contributed by atoms with Crippen LogP contribution in [0.1, 0.15) is 36.3 Å². The van der Waals surface area contributed by atoms with Crippen molar-refractivity contribution in [3.8, 4) is 0 Å². The van der Waals surface area contributed by atoms with Crippen molar-refractivity contribution in [1.29, 1.82) is 0 Å². The first-order valence-corrected chi connectivity index (χ1v) is 13.4. The predicted molar refractivity (Wildman–Crippen MR) is 150 cm³/mol. The molecule has 1 aliphatic heterocycles. The summed E-state index contributed by atoms with van der Waals surface area (Å²) in [5.41, 5.74) is 8.85. The molecule has 0 saturated carbocycles. The van der Waals surface area contributed by atoms with Gasteiger partial charge in [0.2, 0.25) is 11.8 Å². The summed E-state index contributed by atoms with van der Waals surface area (Å²) in [6.45, 7) is 5.59. The van der Waals surface area contributed by atoms with E-state index in [4.69, 9.17) is 21.8 Å². The van der Waals surface area contributed by atoms with E-state index in [2.05, 4.69) is 40.7 Å². The van der Waals surface area contributed by atoms with Crippen molar-refractivity contribution in [2.24, 2.45) is 5.73 Å². The van der Waals surface area contributed by atoms with Crippen molar-refractivity contribution in [1.82, 2.24) is 15.5 Å². The van der Waals surface area contributed by atoms with Crippen LogP contribution in [-0.2, 0) is 22.6 Å². The highest BCUT2D eigenvalue weighted by atomic mass is 35.5. The van der Waals surface area contributed by atoms with Crippen molar-refractivity contribution in [2.45, 2.75) is 38.4 Å². The summed E-state index contributed by atoms with van der Waals surface area (Å²) < 4.78 is 5.45. The molecule has 1 saturated heterocycles. The third-order valence-corrected chi connectivity index (χ3v) is 7.11. The van der Waals surface area contributed by atoms with Crippen molar-refractivity contribution in [2.75, 3.05) is 37.6 Å². The summed E-state index contributed by atoms with van der Waals surface area (Å²) in [5.74, 6) is 0.600. The quantitative estimate of drug-likeness (QED) is 0.346. The summed E-state index contributed by atoms with van der Waals surface area (Å²) in [5, 5.41) is 7.06. The number of anilines is 1. The number of furan rings is 1. The molecule has 0 radical (unpaired) electrons. The minimum atomic E-state index is -0.653. The Bertz CT molecular complexity index is 1180. The van der Waals surface area contributed by atoms with Crippen LogP contribution in [0.15, 0.2) is 71.3 Å². The van der Waals surface area contributed by atoms with Crippen molar-refractivity contribution < 1.29 is 14.0 Å². The Morgan fingerprint density at radius 2 is 1.76 bits per heavy atom. The van der Waals surface area contributed by atoms with Gasteiger partial charge < -0.3 is 30.6 Å². The van der Waals surface area contributed by atoms with Gasteiger partial charge in [-0.2, -0.15) is 0 Å². The van der Waals surface area contributed by atoms with Gasteiger partial charge in [-0.25, -0.2) is 0 Å². The van der Waals surface area contributed by atoms with Crippen molar-refractivity contribution in [3.63, 3.8) is 0 Å². The van der Waals surface area contributed by atoms with E-state index in [1.807, 2.05) is 35.2 Å². The first-order chi connectivity index (χ1) is 18.4. The molecule has 9 heteroatoms. The van der Waals surface area contributed by atoms with E-state index in [0.29, 0.717) is 44.2 Å². The number of piperazine rings is 1. The van der Waals surface area contributed by atoms with Gasteiger partial charge in [0.25, 0.3) is 0 Å². The molecule has 4 rings (SSSR count). The van der Waals surface area contributed by atoms with E-state index in [0.717, 1.165) is 17.0 Å². The first kappa shape index (κ1) is 27.7. The SMILES string of the molecule is CC(NCc1ccco1)c1ccccc1N1CCN(C(=O)[C@@H](Cc2ccc(Cl)cc2)NC(=O)CCN)CC1. The number of para-hydroxylation sites is 1. The molecule has 202 valence electrons. The van der Waals surface area contributed by atoms with Crippen LogP contribution in [0.4, 0.5) is 5.69 Å². The number of rotatable bonds is 11. The number of hydrogen-bond donors (Lipinski definition) is 3. The van der Waals surface area contributed by atoms with E-state index in [1.54, 1.807) is 18.4 Å². The molecular weight excluding hydrogens is 502 g/mol. The maximum atomic E-state index is 13.5. The minimum absolute atomic E-state index is 0.0771. The molecule has 38 heavy (non-hydrogen) atoms. The van der Waals surface area contributed by atoms with E-state index in [1.165, 1.54) is 5.56 Å². The second-order valence-electron chi connectivity index (χ2n) is 9.54. The highest BCUT2D eigenvalue weighted by Gasteiger charge is 2.29. The smallest absolute Gasteiger partial charge is 0.245 e. The highest BCUT2D eigenvalue weighted by Crippen LogP contribution is 2.28. The molecule has 2 amide bonds. The Morgan fingerprint density at radius 1 is 1.03 bits per heavy atom. The standard InChI is InChI=1S/C29H36ClN5O3/c1-21(32-20-24-5-4-18-38-24)25-6-2-3-7-27(25)34-14-16-35(17-15-34)29(37)26(33-28(36)12-13-31)19-22-8-10-23(30)11-9-22/h2-11,18,21,26,32H,12-17,19-20,31H2,1H3,(H,33,36)/t21?,26-/m1/s1. The van der Waals surface area contributed by atoms with Gasteiger partial charge in [-0.1, -0.05) is 41.9 Å². The van der Waals surface area contributed by atoms with E-state index >= 15 is 0 Å². The van der Waals surface area contributed by atoms with Crippen molar-refractivity contribution in [3.05, 3.63) is 88.8 Å². The molecule has 1 aromatic heterocycles. The number of hydrogen-bond acceptors (Lipinski definition) is 6. The maximum absolute atomic E-state index is 13.5. The third-order valence-electron chi connectivity index (χ3n) is 6.86. The number of carbonyl (C=O) groups is 2. The van der Waals surface area contributed by atoms with Gasteiger partial charge in [-0.15, -0.1) is 0 Å². The molecule has 2 aromatic carbocycles. The number of halogens is 1. The molecule has 2 atom stereocenters. The van der Waals surface area contributed by atoms with Gasteiger partial charge in [0.05, 0.1) is 12.8 Å². The first-order valence-electron chi connectivity index (χ1n) is 13.1. The fraction of sp³-hybridized carbons (Fsp3) is 0.379. The van der Waals surface area contributed by atoms with Gasteiger partial charge in [0, 0.05) is 62.3 Å². The Kier molecular flexibility index (Phi) is 9.81. The number of nitrogens with two attached hydrogens (primary N) is 1. The average Bonchev–Trinajstić information content (AvgIpc) is 3.46. The van der Waals surface area contributed by atoms with Crippen LogP contribution in [0.25, 0.3) is 0 Å². The molecule has 1 unspecified atom stereocenters. The number of carbonyl (C=O) groups excluding carboxylic acids is 2. The normalized spacial score (nSPS) is 15.2. The number of nitrogens with zero attached hydrogens (tertiary/aromatic N) is 2. The molecule has 4 N–H and O–H groups in total. The van der Waals surface area contributed by atoms with Gasteiger partial charge in [-0.3, -0.25) is 9.59 Å². The summed E-state index contributed by atoms with van der Waals surface area (Å²) in [7, 11) is 0. The molecule has 0 bridgehead atoms. The fourth-order valence-electron chi connectivity index (χ4n) is 4.76. The Hall–Kier alpha value is -3.33. The number of nitrogens with one attached hydrogen (secondary N) is 2. The van der Waals surface area contributed by atoms with Crippen LogP contribution < -0.4 is 21.3 Å². The maximum Gasteiger partial charge on any atom is 0.245 e. The van der Waals surface area contributed by atoms with Gasteiger partial charge in [-0.05, 0) is 48.4 Å². The van der Waals surface area contributed by atoms with Crippen LogP contribution in [0, 0.1) is 0 Å². The summed E-state index contributed by atoms with van der Waals surface area (Å²) in [4.78, 5) is 30.1. The van der Waals surface area contributed by atoms with Crippen LogP contribution >= 0.6 is 11.6 Å². The Labute approximate surface area is 229 Å². The molecule has 1 fully saturated rings. The number of amides is 2. The van der Waals surface area contributed by atoms with Crippen LogP contribution in [0.2, 0.25) is 5.02 Å². The summed E-state index contributed by atoms with van der Waals surface area (Å²) >= 11 is 6.02. The highest BCUT2D eigenvalue weighted by molar-refractivity contribution is 6.30. The summed E-state index contributed by atoms with van der Waals surface area (Å²) in [6.07, 6.45) is 2.26. The zero-order valence-electron chi connectivity index (χ0n) is 21.7. The van der Waals surface area contributed by atoms with Crippen LogP contribution in [0.3, 0.4) is 0 Å². The molecule has 8 nitrogen and oxygen atoms in total. The lowest BCUT2D eigenvalue weighted by Crippen LogP contribution is -2.56. The summed E-state index contributed by atoms with van der Waals surface area (Å²) in [6, 6.07) is 19.0. The molecule has 3 aromatic rings. The largest absolute Gasteiger partial charge is 0.468 e. The zero-order chi connectivity index (χ0) is 26.9. The predicted octanol–water partition coefficient (Wildman–Crippen LogP) is 3.51. The topological polar surface area (TPSA) is 104 Å². The van der Waals surface area contributed by atoms with Gasteiger partial charge >= 0.3 is 0 Å². The fourth-order valence-corrected chi connectivity index (χ4v) is 4.89. The number of benzene rings is 2. The minimum Gasteiger partial charge on any atom is -0.468 e. The molecule has 2 heterocycles. The second kappa shape index (κ2) is 13.5. The molecule has 1 aliphatic rings. The van der Waals surface area contributed by atoms with Gasteiger partial charge in [0.15, 0.2) is 0 Å². The molecule has 0 aliphatic carbocycles. The molecular formula is C29H36ClN5O3. The second-order valence-corrected chi connectivity index (χ2v) is 9.98. The third kappa shape index (κ3) is 7.37. The van der Waals surface area contributed by atoms with Gasteiger partial charge in [0.1, 0.15) is 11.8 Å². The van der Waals surface area contributed by atoms with Crippen LogP contribution in [-0.4, -0.2) is 55.5 Å². The Morgan fingerprint density at radius 3 is 2.45 bits per heavy atom. The molecule has 0 spiro atoms. The zero-order valence-corrected chi connectivity index (χ0v) is 22.5. The average molecular weight is 538 g/mol. The lowest BCUT2D eigenvalue weighted by atomic mass is 10.0. The lowest BCUT2D eigenvalue weighted by molar-refractivity contribution is -0.136. The lowest BCUT2D eigenvalue weighted by Gasteiger charge is -2.39.